The lowest BCUT2D eigenvalue weighted by molar-refractivity contribution is 0.0697. The normalized spacial score (nSPS) is 12.1. The molecule has 5 nitrogen and oxygen atoms in total. The minimum absolute atomic E-state index is 0.122. The van der Waals surface area contributed by atoms with E-state index in [1.165, 1.54) is 0 Å². The molecule has 1 atom stereocenters. The van der Waals surface area contributed by atoms with Crippen LogP contribution >= 0.6 is 34.8 Å². The number of carboxylic acid groups (broad SMARTS) is 1. The zero-order chi connectivity index (χ0) is 26.5. The van der Waals surface area contributed by atoms with E-state index in [4.69, 9.17) is 44.1 Å². The molecule has 1 aromatic heterocycles. The van der Waals surface area contributed by atoms with E-state index in [0.717, 1.165) is 28.9 Å². The number of ether oxygens (including phenoxy) is 1. The van der Waals surface area contributed by atoms with E-state index in [0.29, 0.717) is 32.1 Å². The Morgan fingerprint density at radius 3 is 2.43 bits per heavy atom. The Morgan fingerprint density at radius 1 is 1.03 bits per heavy atom. The lowest BCUT2D eigenvalue weighted by atomic mass is 9.98. The third-order valence-corrected chi connectivity index (χ3v) is 6.98. The van der Waals surface area contributed by atoms with Crippen LogP contribution < -0.4 is 4.74 Å². The molecule has 0 aliphatic rings. The zero-order valence-corrected chi connectivity index (χ0v) is 22.4. The van der Waals surface area contributed by atoms with Gasteiger partial charge in [0.2, 0.25) is 0 Å². The Hall–Kier alpha value is -3.25. The first-order valence-corrected chi connectivity index (χ1v) is 12.8. The van der Waals surface area contributed by atoms with Crippen molar-refractivity contribution < 1.29 is 19.2 Å². The first kappa shape index (κ1) is 26.8. The maximum atomic E-state index is 11.2. The van der Waals surface area contributed by atoms with Crippen molar-refractivity contribution in [2.45, 2.75) is 32.8 Å². The molecule has 0 radical (unpaired) electrons. The van der Waals surface area contributed by atoms with Gasteiger partial charge in [-0.3, -0.25) is 0 Å². The number of carboxylic acids is 1. The van der Waals surface area contributed by atoms with Gasteiger partial charge in [0.15, 0.2) is 0 Å². The van der Waals surface area contributed by atoms with E-state index in [2.05, 4.69) is 19.0 Å². The summed E-state index contributed by atoms with van der Waals surface area (Å²) in [5.41, 5.74) is 3.69. The van der Waals surface area contributed by atoms with Crippen molar-refractivity contribution in [3.63, 3.8) is 0 Å². The van der Waals surface area contributed by atoms with Crippen LogP contribution in [0.2, 0.25) is 15.1 Å². The Balaban J connectivity index is 1.57. The molecular weight excluding hydrogens is 533 g/mol. The average molecular weight is 557 g/mol. The third-order valence-electron chi connectivity index (χ3n) is 6.02. The predicted molar refractivity (Wildman–Crippen MR) is 149 cm³/mol. The summed E-state index contributed by atoms with van der Waals surface area (Å²) in [5.74, 6) is 0.446. The molecule has 0 aliphatic heterocycles. The van der Waals surface area contributed by atoms with Crippen molar-refractivity contribution in [3.05, 3.63) is 104 Å². The second-order valence-corrected chi connectivity index (χ2v) is 9.74. The molecule has 0 spiro atoms. The first-order chi connectivity index (χ1) is 17.8. The number of hydrogen-bond acceptors (Lipinski definition) is 4. The fourth-order valence-corrected chi connectivity index (χ4v) is 4.61. The molecule has 0 saturated carbocycles. The molecule has 0 amide bonds. The van der Waals surface area contributed by atoms with Crippen LogP contribution in [0.4, 0.5) is 0 Å². The molecule has 1 heterocycles. The standard InChI is InChI=1S/C29H24Cl3NO4/c1-3-17(2)28-22(27(33-37-28)26-23(30)8-5-9-24(26)31)16-36-21-13-12-19(25(32)15-21)11-10-18-6-4-7-20(14-18)29(34)35/h4-15,17H,3,16H2,1-2H3,(H,34,35)/b11-10+/t17-/m0/s1. The minimum Gasteiger partial charge on any atom is -0.489 e. The van der Waals surface area contributed by atoms with Gasteiger partial charge in [-0.15, -0.1) is 0 Å². The Morgan fingerprint density at radius 2 is 1.76 bits per heavy atom. The number of carbonyl (C=O) groups is 1. The van der Waals surface area contributed by atoms with Crippen LogP contribution in [0.15, 0.2) is 65.2 Å². The summed E-state index contributed by atoms with van der Waals surface area (Å²) in [6.07, 6.45) is 4.50. The molecule has 0 saturated heterocycles. The second-order valence-electron chi connectivity index (χ2n) is 8.52. The lowest BCUT2D eigenvalue weighted by Crippen LogP contribution is -2.02. The highest BCUT2D eigenvalue weighted by atomic mass is 35.5. The molecule has 4 rings (SSSR count). The van der Waals surface area contributed by atoms with Gasteiger partial charge in [-0.2, -0.15) is 0 Å². The summed E-state index contributed by atoms with van der Waals surface area (Å²) in [6.45, 7) is 4.32. The molecule has 0 unspecified atom stereocenters. The van der Waals surface area contributed by atoms with Crippen LogP contribution in [-0.4, -0.2) is 16.2 Å². The van der Waals surface area contributed by atoms with Crippen molar-refractivity contribution in [2.75, 3.05) is 0 Å². The highest BCUT2D eigenvalue weighted by molar-refractivity contribution is 6.39. The Labute approximate surface area is 230 Å². The molecule has 3 aromatic carbocycles. The monoisotopic (exact) mass is 555 g/mol. The summed E-state index contributed by atoms with van der Waals surface area (Å²) in [4.78, 5) is 11.2. The maximum absolute atomic E-state index is 11.2. The van der Waals surface area contributed by atoms with Gasteiger partial charge in [-0.05, 0) is 60.0 Å². The fourth-order valence-electron chi connectivity index (χ4n) is 3.80. The summed E-state index contributed by atoms with van der Waals surface area (Å²) in [5, 5.41) is 14.9. The van der Waals surface area contributed by atoms with Crippen LogP contribution in [-0.2, 0) is 6.61 Å². The van der Waals surface area contributed by atoms with Crippen LogP contribution in [0, 0.1) is 0 Å². The molecule has 0 bridgehead atoms. The maximum Gasteiger partial charge on any atom is 0.335 e. The van der Waals surface area contributed by atoms with Crippen molar-refractivity contribution in [3.8, 4) is 17.0 Å². The summed E-state index contributed by atoms with van der Waals surface area (Å²) >= 11 is 19.4. The van der Waals surface area contributed by atoms with E-state index < -0.39 is 5.97 Å². The van der Waals surface area contributed by atoms with Crippen LogP contribution in [0.5, 0.6) is 5.75 Å². The molecule has 4 aromatic rings. The third kappa shape index (κ3) is 6.19. The van der Waals surface area contributed by atoms with Crippen molar-refractivity contribution in [1.82, 2.24) is 5.16 Å². The van der Waals surface area contributed by atoms with E-state index >= 15 is 0 Å². The predicted octanol–water partition coefficient (Wildman–Crippen LogP) is 9.26. The van der Waals surface area contributed by atoms with Gasteiger partial charge in [0.25, 0.3) is 0 Å². The number of halogens is 3. The summed E-state index contributed by atoms with van der Waals surface area (Å²) in [7, 11) is 0. The highest BCUT2D eigenvalue weighted by Crippen LogP contribution is 2.39. The number of aromatic carboxylic acids is 1. The molecule has 8 heteroatoms. The zero-order valence-electron chi connectivity index (χ0n) is 20.2. The van der Waals surface area contributed by atoms with Gasteiger partial charge >= 0.3 is 5.97 Å². The summed E-state index contributed by atoms with van der Waals surface area (Å²) in [6, 6.07) is 17.3. The van der Waals surface area contributed by atoms with Crippen molar-refractivity contribution in [1.29, 1.82) is 0 Å². The van der Waals surface area contributed by atoms with Crippen LogP contribution in [0.25, 0.3) is 23.4 Å². The van der Waals surface area contributed by atoms with E-state index in [1.807, 2.05) is 30.4 Å². The highest BCUT2D eigenvalue weighted by Gasteiger charge is 2.24. The second kappa shape index (κ2) is 11.9. The molecule has 1 N–H and O–H groups in total. The lowest BCUT2D eigenvalue weighted by Gasteiger charge is -2.12. The molecule has 0 aliphatic carbocycles. The number of benzene rings is 3. The molecular formula is C29H24Cl3NO4. The molecule has 37 heavy (non-hydrogen) atoms. The number of nitrogens with zero attached hydrogens (tertiary/aromatic N) is 1. The number of hydrogen-bond donors (Lipinski definition) is 1. The summed E-state index contributed by atoms with van der Waals surface area (Å²) < 4.78 is 11.8. The largest absolute Gasteiger partial charge is 0.489 e. The van der Waals surface area contributed by atoms with E-state index in [-0.39, 0.29) is 18.1 Å². The fraction of sp³-hybridized carbons (Fsp3) is 0.172. The first-order valence-electron chi connectivity index (χ1n) is 11.6. The molecule has 0 fully saturated rings. The van der Waals surface area contributed by atoms with Gasteiger partial charge in [0.05, 0.1) is 26.2 Å². The van der Waals surface area contributed by atoms with Gasteiger partial charge in [-0.25, -0.2) is 4.79 Å². The van der Waals surface area contributed by atoms with Crippen LogP contribution in [0.1, 0.15) is 59.0 Å². The SMILES string of the molecule is CC[C@H](C)c1onc(-c2c(Cl)cccc2Cl)c1COc1ccc(/C=C/c2cccc(C(=O)O)c2)c(Cl)c1. The van der Waals surface area contributed by atoms with Gasteiger partial charge in [0, 0.05) is 11.5 Å². The van der Waals surface area contributed by atoms with Gasteiger partial charge in [0.1, 0.15) is 23.8 Å². The van der Waals surface area contributed by atoms with Crippen molar-refractivity contribution in [2.24, 2.45) is 0 Å². The minimum atomic E-state index is -0.973. The Bertz CT molecular complexity index is 1440. The molecule has 190 valence electrons. The number of rotatable bonds is 9. The smallest absolute Gasteiger partial charge is 0.335 e. The van der Waals surface area contributed by atoms with Crippen LogP contribution in [0.3, 0.4) is 0 Å². The van der Waals surface area contributed by atoms with E-state index in [9.17, 15) is 9.90 Å². The van der Waals surface area contributed by atoms with Crippen molar-refractivity contribution >= 4 is 52.9 Å². The number of aromatic nitrogens is 1. The topological polar surface area (TPSA) is 72.6 Å². The van der Waals surface area contributed by atoms with Gasteiger partial charge < -0.3 is 14.4 Å². The van der Waals surface area contributed by atoms with E-state index in [1.54, 1.807) is 42.5 Å². The Kier molecular flexibility index (Phi) is 8.59. The average Bonchev–Trinajstić information content (AvgIpc) is 3.30. The van der Waals surface area contributed by atoms with Gasteiger partial charge in [-0.1, -0.05) is 84.2 Å². The quantitative estimate of drug-likeness (QED) is 0.208.